The molecule has 0 fully saturated rings. The molecule has 0 aliphatic heterocycles. The third-order valence-electron chi connectivity index (χ3n) is 4.62. The highest BCUT2D eigenvalue weighted by Gasteiger charge is 2.20. The predicted molar refractivity (Wildman–Crippen MR) is 120 cm³/mol. The summed E-state index contributed by atoms with van der Waals surface area (Å²) in [4.78, 5) is 27.1. The second-order valence-corrected chi connectivity index (χ2v) is 7.67. The molecular weight excluding hydrogens is 400 g/mol. The minimum absolute atomic E-state index is 0.343. The Balaban J connectivity index is 1.68. The van der Waals surface area contributed by atoms with Crippen molar-refractivity contribution in [2.24, 2.45) is 0 Å². The number of aromatic nitrogens is 3. The summed E-state index contributed by atoms with van der Waals surface area (Å²) >= 11 is 1.52. The molecule has 0 bridgehead atoms. The number of thiazole rings is 1. The first-order chi connectivity index (χ1) is 14.5. The number of nitrogens with zero attached hydrogens (tertiary/aromatic N) is 4. The lowest BCUT2D eigenvalue weighted by Crippen LogP contribution is -2.18. The van der Waals surface area contributed by atoms with Gasteiger partial charge in [-0.25, -0.2) is 19.7 Å². The average Bonchev–Trinajstić information content (AvgIpc) is 3.15. The Kier molecular flexibility index (Phi) is 5.20. The number of nitrogens with two attached hydrogens (primary N) is 1. The van der Waals surface area contributed by atoms with Crippen molar-refractivity contribution >= 4 is 55.7 Å². The smallest absolute Gasteiger partial charge is 0.339 e. The number of benzene rings is 2. The SMILES string of the molecule is COC(=O)c1ccccc1N(C)c1ncnc(Nc2nc3ccc(C)cc3s2)c1N. The Hall–Kier alpha value is -3.72. The third-order valence-corrected chi connectivity index (χ3v) is 5.55. The molecule has 0 aliphatic carbocycles. The fraction of sp³-hybridized carbons (Fsp3) is 0.143. The maximum absolute atomic E-state index is 12.1. The molecule has 3 N–H and O–H groups in total. The molecule has 0 unspecified atom stereocenters. The quantitative estimate of drug-likeness (QED) is 0.461. The van der Waals surface area contributed by atoms with E-state index in [9.17, 15) is 4.79 Å². The van der Waals surface area contributed by atoms with Crippen LogP contribution >= 0.6 is 11.3 Å². The summed E-state index contributed by atoms with van der Waals surface area (Å²) in [5.41, 5.74) is 9.84. The van der Waals surface area contributed by atoms with Crippen LogP contribution in [0.3, 0.4) is 0 Å². The minimum atomic E-state index is -0.437. The number of fused-ring (bicyclic) bond motifs is 1. The number of esters is 1. The number of aryl methyl sites for hydroxylation is 1. The Morgan fingerprint density at radius 3 is 2.80 bits per heavy atom. The number of rotatable bonds is 5. The van der Waals surface area contributed by atoms with Crippen molar-refractivity contribution < 1.29 is 9.53 Å². The highest BCUT2D eigenvalue weighted by Crippen LogP contribution is 2.35. The van der Waals surface area contributed by atoms with Crippen LogP contribution in [0.25, 0.3) is 10.2 Å². The lowest BCUT2D eigenvalue weighted by Gasteiger charge is -2.22. The van der Waals surface area contributed by atoms with Gasteiger partial charge in [0.1, 0.15) is 12.0 Å². The minimum Gasteiger partial charge on any atom is -0.465 e. The molecule has 9 heteroatoms. The van der Waals surface area contributed by atoms with E-state index in [2.05, 4.69) is 26.3 Å². The topological polar surface area (TPSA) is 106 Å². The Morgan fingerprint density at radius 2 is 2.00 bits per heavy atom. The fourth-order valence-corrected chi connectivity index (χ4v) is 4.07. The van der Waals surface area contributed by atoms with Crippen LogP contribution in [0.5, 0.6) is 0 Å². The van der Waals surface area contributed by atoms with E-state index in [0.29, 0.717) is 33.7 Å². The highest BCUT2D eigenvalue weighted by molar-refractivity contribution is 7.22. The first-order valence-electron chi connectivity index (χ1n) is 9.13. The van der Waals surface area contributed by atoms with E-state index in [-0.39, 0.29) is 0 Å². The van der Waals surface area contributed by atoms with Crippen molar-refractivity contribution in [3.63, 3.8) is 0 Å². The first-order valence-corrected chi connectivity index (χ1v) is 9.95. The second kappa shape index (κ2) is 7.96. The third kappa shape index (κ3) is 3.62. The van der Waals surface area contributed by atoms with Crippen LogP contribution in [0.4, 0.5) is 28.1 Å². The molecule has 0 saturated heterocycles. The summed E-state index contributed by atoms with van der Waals surface area (Å²) in [6, 6.07) is 13.2. The zero-order valence-electron chi connectivity index (χ0n) is 16.7. The number of hydrogen-bond acceptors (Lipinski definition) is 9. The van der Waals surface area contributed by atoms with E-state index in [4.69, 9.17) is 10.5 Å². The second-order valence-electron chi connectivity index (χ2n) is 6.64. The van der Waals surface area contributed by atoms with Gasteiger partial charge in [-0.05, 0) is 36.8 Å². The predicted octanol–water partition coefficient (Wildman–Crippen LogP) is 4.28. The van der Waals surface area contributed by atoms with Crippen molar-refractivity contribution in [3.05, 3.63) is 59.9 Å². The molecule has 2 heterocycles. The van der Waals surface area contributed by atoms with Gasteiger partial charge in [-0.2, -0.15) is 0 Å². The van der Waals surface area contributed by atoms with E-state index < -0.39 is 5.97 Å². The van der Waals surface area contributed by atoms with Gasteiger partial charge in [0.15, 0.2) is 16.8 Å². The molecule has 4 rings (SSSR count). The van der Waals surface area contributed by atoms with Crippen LogP contribution in [0.2, 0.25) is 0 Å². The Bertz CT molecular complexity index is 1240. The van der Waals surface area contributed by atoms with Crippen LogP contribution in [0.1, 0.15) is 15.9 Å². The van der Waals surface area contributed by atoms with Gasteiger partial charge in [0.05, 0.1) is 28.6 Å². The molecule has 152 valence electrons. The van der Waals surface area contributed by atoms with Gasteiger partial charge in [0.2, 0.25) is 0 Å². The van der Waals surface area contributed by atoms with Gasteiger partial charge in [-0.1, -0.05) is 29.5 Å². The van der Waals surface area contributed by atoms with E-state index in [0.717, 1.165) is 10.2 Å². The summed E-state index contributed by atoms with van der Waals surface area (Å²) in [5.74, 6) is 0.465. The van der Waals surface area contributed by atoms with Crippen molar-refractivity contribution in [1.82, 2.24) is 15.0 Å². The monoisotopic (exact) mass is 420 g/mol. The van der Waals surface area contributed by atoms with Crippen molar-refractivity contribution in [3.8, 4) is 0 Å². The molecule has 8 nitrogen and oxygen atoms in total. The maximum atomic E-state index is 12.1. The standard InChI is InChI=1S/C21H20N6O2S/c1-12-8-9-14-16(10-12)30-21(25-14)26-18-17(22)19(24-11-23-18)27(2)15-7-5-4-6-13(15)20(28)29-3/h4-11H,22H2,1-3H3,(H,23,24,25,26). The average molecular weight is 420 g/mol. The van der Waals surface area contributed by atoms with Gasteiger partial charge < -0.3 is 20.7 Å². The summed E-state index contributed by atoms with van der Waals surface area (Å²) in [6.45, 7) is 2.04. The summed E-state index contributed by atoms with van der Waals surface area (Å²) in [7, 11) is 3.13. The van der Waals surface area contributed by atoms with Gasteiger partial charge in [0, 0.05) is 7.05 Å². The number of hydrogen-bond donors (Lipinski definition) is 2. The molecular formula is C21H20N6O2S. The number of carbonyl (C=O) groups excluding carboxylic acids is 1. The molecule has 0 amide bonds. The van der Waals surface area contributed by atoms with Crippen molar-refractivity contribution in [1.29, 1.82) is 0 Å². The van der Waals surface area contributed by atoms with E-state index in [1.165, 1.54) is 30.3 Å². The summed E-state index contributed by atoms with van der Waals surface area (Å²) < 4.78 is 5.96. The zero-order chi connectivity index (χ0) is 21.3. The fourth-order valence-electron chi connectivity index (χ4n) is 3.10. The number of para-hydroxylation sites is 1. The van der Waals surface area contributed by atoms with Crippen LogP contribution in [0, 0.1) is 6.92 Å². The van der Waals surface area contributed by atoms with E-state index in [1.54, 1.807) is 30.1 Å². The number of methoxy groups -OCH3 is 1. The first kappa shape index (κ1) is 19.6. The highest BCUT2D eigenvalue weighted by atomic mass is 32.1. The van der Waals surface area contributed by atoms with Gasteiger partial charge in [-0.3, -0.25) is 0 Å². The lowest BCUT2D eigenvalue weighted by atomic mass is 10.1. The van der Waals surface area contributed by atoms with Crippen LogP contribution in [-0.4, -0.2) is 35.1 Å². The van der Waals surface area contributed by atoms with Crippen molar-refractivity contribution in [2.45, 2.75) is 6.92 Å². The number of nitrogens with one attached hydrogen (secondary N) is 1. The van der Waals surface area contributed by atoms with Crippen molar-refractivity contribution in [2.75, 3.05) is 30.1 Å². The molecule has 0 atom stereocenters. The molecule has 2 aromatic heterocycles. The molecule has 0 spiro atoms. The Morgan fingerprint density at radius 1 is 1.20 bits per heavy atom. The maximum Gasteiger partial charge on any atom is 0.339 e. The molecule has 0 aliphatic rings. The lowest BCUT2D eigenvalue weighted by molar-refractivity contribution is 0.0601. The van der Waals surface area contributed by atoms with Gasteiger partial charge >= 0.3 is 5.97 Å². The normalized spacial score (nSPS) is 10.8. The van der Waals surface area contributed by atoms with Crippen LogP contribution in [-0.2, 0) is 4.74 Å². The van der Waals surface area contributed by atoms with Crippen LogP contribution < -0.4 is 16.0 Å². The number of nitrogen functional groups attached to an aromatic ring is 1. The number of ether oxygens (including phenoxy) is 1. The van der Waals surface area contributed by atoms with E-state index in [1.807, 2.05) is 25.1 Å². The van der Waals surface area contributed by atoms with Gasteiger partial charge in [0.25, 0.3) is 0 Å². The van der Waals surface area contributed by atoms with Gasteiger partial charge in [-0.15, -0.1) is 0 Å². The largest absolute Gasteiger partial charge is 0.465 e. The zero-order valence-corrected chi connectivity index (χ0v) is 17.5. The number of carbonyl (C=O) groups is 1. The molecule has 0 radical (unpaired) electrons. The molecule has 2 aromatic carbocycles. The summed E-state index contributed by atoms with van der Waals surface area (Å²) in [6.07, 6.45) is 1.42. The molecule has 0 saturated carbocycles. The Labute approximate surface area is 177 Å². The van der Waals surface area contributed by atoms with Crippen LogP contribution in [0.15, 0.2) is 48.8 Å². The summed E-state index contributed by atoms with van der Waals surface area (Å²) in [5, 5.41) is 3.87. The van der Waals surface area contributed by atoms with E-state index >= 15 is 0 Å². The molecule has 4 aromatic rings. The molecule has 30 heavy (non-hydrogen) atoms. The number of anilines is 5.